The Morgan fingerprint density at radius 3 is 2.77 bits per heavy atom. The summed E-state index contributed by atoms with van der Waals surface area (Å²) in [5.74, 6) is 0.567. The van der Waals surface area contributed by atoms with Gasteiger partial charge in [-0.1, -0.05) is 6.07 Å². The summed E-state index contributed by atoms with van der Waals surface area (Å²) in [5.41, 5.74) is 1.15. The lowest BCUT2D eigenvalue weighted by Gasteiger charge is -2.27. The molecule has 0 aliphatic carbocycles. The second kappa shape index (κ2) is 3.34. The second-order valence-electron chi connectivity index (χ2n) is 3.25. The molecular weight excluding hydrogens is 169 g/mol. The van der Waals surface area contributed by atoms with E-state index >= 15 is 0 Å². The Morgan fingerprint density at radius 2 is 2.23 bits per heavy atom. The highest BCUT2D eigenvalue weighted by molar-refractivity contribution is 5.33. The zero-order valence-electron chi connectivity index (χ0n) is 7.51. The third kappa shape index (κ3) is 1.52. The fourth-order valence-corrected chi connectivity index (χ4v) is 1.45. The van der Waals surface area contributed by atoms with Crippen molar-refractivity contribution in [3.8, 4) is 5.75 Å². The number of halogens is 1. The lowest BCUT2D eigenvalue weighted by atomic mass is 9.94. The van der Waals surface area contributed by atoms with E-state index in [4.69, 9.17) is 4.74 Å². The Balaban J connectivity index is 2.26. The van der Waals surface area contributed by atoms with Gasteiger partial charge >= 0.3 is 0 Å². The Kier molecular flexibility index (Phi) is 2.19. The van der Waals surface area contributed by atoms with Crippen LogP contribution in [0, 0.1) is 5.82 Å². The van der Waals surface area contributed by atoms with Gasteiger partial charge < -0.3 is 10.1 Å². The molecule has 3 heteroatoms. The van der Waals surface area contributed by atoms with E-state index in [-0.39, 0.29) is 5.82 Å². The Labute approximate surface area is 76.7 Å². The predicted octanol–water partition coefficient (Wildman–Crippen LogP) is 1.52. The topological polar surface area (TPSA) is 21.3 Å². The van der Waals surface area contributed by atoms with Crippen molar-refractivity contribution in [2.24, 2.45) is 0 Å². The third-order valence-corrected chi connectivity index (χ3v) is 2.43. The van der Waals surface area contributed by atoms with Crippen molar-refractivity contribution < 1.29 is 9.13 Å². The summed E-state index contributed by atoms with van der Waals surface area (Å²) < 4.78 is 17.9. The summed E-state index contributed by atoms with van der Waals surface area (Å²) in [6.07, 6.45) is 0. The van der Waals surface area contributed by atoms with Crippen LogP contribution in [0.5, 0.6) is 5.75 Å². The molecule has 0 amide bonds. The summed E-state index contributed by atoms with van der Waals surface area (Å²) in [5, 5.41) is 3.18. The molecule has 1 N–H and O–H groups in total. The molecule has 2 rings (SSSR count). The first-order valence-electron chi connectivity index (χ1n) is 4.35. The molecule has 1 saturated heterocycles. The molecule has 0 spiro atoms. The third-order valence-electron chi connectivity index (χ3n) is 2.43. The summed E-state index contributed by atoms with van der Waals surface area (Å²) in [4.78, 5) is 0. The van der Waals surface area contributed by atoms with Gasteiger partial charge in [-0.3, -0.25) is 0 Å². The van der Waals surface area contributed by atoms with Gasteiger partial charge in [0, 0.05) is 19.0 Å². The van der Waals surface area contributed by atoms with Crippen molar-refractivity contribution in [2.45, 2.75) is 5.92 Å². The summed E-state index contributed by atoms with van der Waals surface area (Å²) in [7, 11) is 1.49. The molecule has 1 aliphatic heterocycles. The average molecular weight is 181 g/mol. The lowest BCUT2D eigenvalue weighted by Crippen LogP contribution is -2.39. The molecular formula is C10H12FNO. The van der Waals surface area contributed by atoms with Crippen LogP contribution >= 0.6 is 0 Å². The van der Waals surface area contributed by atoms with Crippen LogP contribution in [-0.2, 0) is 0 Å². The number of hydrogen-bond acceptors (Lipinski definition) is 2. The number of hydrogen-bond donors (Lipinski definition) is 1. The number of ether oxygens (including phenoxy) is 1. The van der Waals surface area contributed by atoms with Crippen LogP contribution in [0.4, 0.5) is 4.39 Å². The van der Waals surface area contributed by atoms with Gasteiger partial charge in [-0.25, -0.2) is 4.39 Å². The Bertz CT molecular complexity index is 310. The van der Waals surface area contributed by atoms with Gasteiger partial charge in [-0.2, -0.15) is 0 Å². The molecule has 1 heterocycles. The zero-order chi connectivity index (χ0) is 9.26. The van der Waals surface area contributed by atoms with E-state index in [2.05, 4.69) is 5.32 Å². The minimum atomic E-state index is -0.293. The van der Waals surface area contributed by atoms with Crippen molar-refractivity contribution in [1.29, 1.82) is 0 Å². The fourth-order valence-electron chi connectivity index (χ4n) is 1.45. The van der Waals surface area contributed by atoms with Crippen LogP contribution in [0.3, 0.4) is 0 Å². The molecule has 1 aromatic rings. The molecule has 0 atom stereocenters. The van der Waals surface area contributed by atoms with E-state index in [0.29, 0.717) is 11.7 Å². The largest absolute Gasteiger partial charge is 0.494 e. The van der Waals surface area contributed by atoms with E-state index in [1.807, 2.05) is 6.07 Å². The molecule has 0 bridgehead atoms. The van der Waals surface area contributed by atoms with Crippen LogP contribution in [0.1, 0.15) is 11.5 Å². The minimum absolute atomic E-state index is 0.293. The van der Waals surface area contributed by atoms with Crippen molar-refractivity contribution in [3.05, 3.63) is 29.6 Å². The number of benzene rings is 1. The maximum absolute atomic E-state index is 13.0. The second-order valence-corrected chi connectivity index (χ2v) is 3.25. The van der Waals surface area contributed by atoms with Crippen molar-refractivity contribution in [3.63, 3.8) is 0 Å². The number of nitrogens with one attached hydrogen (secondary N) is 1. The lowest BCUT2D eigenvalue weighted by molar-refractivity contribution is 0.382. The van der Waals surface area contributed by atoms with Gasteiger partial charge in [0.25, 0.3) is 0 Å². The van der Waals surface area contributed by atoms with Gasteiger partial charge in [0.15, 0.2) is 11.6 Å². The normalized spacial score (nSPS) is 16.8. The first-order chi connectivity index (χ1) is 6.31. The highest BCUT2D eigenvalue weighted by atomic mass is 19.1. The van der Waals surface area contributed by atoms with E-state index in [1.54, 1.807) is 6.07 Å². The molecule has 2 nitrogen and oxygen atoms in total. The zero-order valence-corrected chi connectivity index (χ0v) is 7.51. The first kappa shape index (κ1) is 8.51. The van der Waals surface area contributed by atoms with Crippen LogP contribution in [0.2, 0.25) is 0 Å². The van der Waals surface area contributed by atoms with Gasteiger partial charge in [0.05, 0.1) is 7.11 Å². The monoisotopic (exact) mass is 181 g/mol. The quantitative estimate of drug-likeness (QED) is 0.747. The molecule has 0 unspecified atom stereocenters. The molecule has 70 valence electrons. The molecule has 0 radical (unpaired) electrons. The van der Waals surface area contributed by atoms with Crippen molar-refractivity contribution in [1.82, 2.24) is 5.32 Å². The minimum Gasteiger partial charge on any atom is -0.494 e. The van der Waals surface area contributed by atoms with Gasteiger partial charge in [-0.05, 0) is 17.7 Å². The van der Waals surface area contributed by atoms with Crippen molar-refractivity contribution >= 4 is 0 Å². The van der Waals surface area contributed by atoms with Crippen molar-refractivity contribution in [2.75, 3.05) is 20.2 Å². The molecule has 0 saturated carbocycles. The van der Waals surface area contributed by atoms with Gasteiger partial charge in [-0.15, -0.1) is 0 Å². The molecule has 0 aromatic heterocycles. The van der Waals surface area contributed by atoms with Crippen LogP contribution in [0.15, 0.2) is 18.2 Å². The highest BCUT2D eigenvalue weighted by Crippen LogP contribution is 2.25. The smallest absolute Gasteiger partial charge is 0.165 e. The Morgan fingerprint density at radius 1 is 1.46 bits per heavy atom. The first-order valence-corrected chi connectivity index (χ1v) is 4.35. The van der Waals surface area contributed by atoms with Crippen LogP contribution < -0.4 is 10.1 Å². The predicted molar refractivity (Wildman–Crippen MR) is 48.6 cm³/mol. The summed E-state index contributed by atoms with van der Waals surface area (Å²) in [6, 6.07) is 5.07. The molecule has 1 aromatic carbocycles. The fraction of sp³-hybridized carbons (Fsp3) is 0.400. The molecule has 13 heavy (non-hydrogen) atoms. The molecule has 1 aliphatic rings. The maximum Gasteiger partial charge on any atom is 0.165 e. The summed E-state index contributed by atoms with van der Waals surface area (Å²) >= 11 is 0. The number of methoxy groups -OCH3 is 1. The van der Waals surface area contributed by atoms with E-state index in [0.717, 1.165) is 18.7 Å². The Hall–Kier alpha value is -1.09. The van der Waals surface area contributed by atoms with Crippen LogP contribution in [0.25, 0.3) is 0 Å². The number of rotatable bonds is 2. The van der Waals surface area contributed by atoms with E-state index < -0.39 is 0 Å². The van der Waals surface area contributed by atoms with E-state index in [9.17, 15) is 4.39 Å². The van der Waals surface area contributed by atoms with Crippen LogP contribution in [-0.4, -0.2) is 20.2 Å². The van der Waals surface area contributed by atoms with E-state index in [1.165, 1.54) is 13.2 Å². The highest BCUT2D eigenvalue weighted by Gasteiger charge is 2.19. The standard InChI is InChI=1S/C10H12FNO/c1-13-10-4-7(2-3-9(10)11)8-5-12-6-8/h2-4,8,12H,5-6H2,1H3. The average Bonchev–Trinajstić information content (AvgIpc) is 2.05. The molecule has 1 fully saturated rings. The van der Waals surface area contributed by atoms with Gasteiger partial charge in [0.1, 0.15) is 0 Å². The summed E-state index contributed by atoms with van der Waals surface area (Å²) in [6.45, 7) is 1.96. The maximum atomic E-state index is 13.0. The van der Waals surface area contributed by atoms with Gasteiger partial charge in [0.2, 0.25) is 0 Å². The SMILES string of the molecule is COc1cc(C2CNC2)ccc1F.